The minimum atomic E-state index is -0.0539. The molecular formula is C20H25N3O3. The first kappa shape index (κ1) is 16.9. The van der Waals surface area contributed by atoms with Crippen molar-refractivity contribution in [2.75, 3.05) is 31.1 Å². The number of ether oxygens (including phenoxy) is 1. The largest absolute Gasteiger partial charge is 0.485 e. The average Bonchev–Trinajstić information content (AvgIpc) is 3.42. The molecule has 0 radical (unpaired) electrons. The number of aromatic nitrogens is 1. The summed E-state index contributed by atoms with van der Waals surface area (Å²) < 4.78 is 11.8. The summed E-state index contributed by atoms with van der Waals surface area (Å²) in [5.74, 6) is 2.95. The third kappa shape index (κ3) is 3.41. The summed E-state index contributed by atoms with van der Waals surface area (Å²) in [7, 11) is 0. The second kappa shape index (κ2) is 7.40. The molecule has 6 nitrogen and oxygen atoms in total. The van der Waals surface area contributed by atoms with Gasteiger partial charge < -0.3 is 19.0 Å². The molecule has 0 bridgehead atoms. The van der Waals surface area contributed by atoms with Crippen molar-refractivity contribution >= 4 is 11.7 Å². The third-order valence-corrected chi connectivity index (χ3v) is 5.10. The Bertz CT molecular complexity index is 767. The Labute approximate surface area is 153 Å². The van der Waals surface area contributed by atoms with Gasteiger partial charge in [0.15, 0.2) is 17.3 Å². The first-order chi connectivity index (χ1) is 12.7. The summed E-state index contributed by atoms with van der Waals surface area (Å²) in [6, 6.07) is 7.52. The number of hydrogen-bond acceptors (Lipinski definition) is 5. The van der Waals surface area contributed by atoms with Crippen LogP contribution < -0.4 is 9.64 Å². The van der Waals surface area contributed by atoms with Gasteiger partial charge in [-0.3, -0.25) is 4.79 Å². The molecule has 4 rings (SSSR count). The lowest BCUT2D eigenvalue weighted by Crippen LogP contribution is -2.31. The van der Waals surface area contributed by atoms with Crippen LogP contribution in [0.1, 0.15) is 42.5 Å². The van der Waals surface area contributed by atoms with E-state index in [1.807, 2.05) is 36.2 Å². The molecule has 2 saturated heterocycles. The van der Waals surface area contributed by atoms with Crippen LogP contribution >= 0.6 is 0 Å². The molecule has 138 valence electrons. The second-order valence-electron chi connectivity index (χ2n) is 6.92. The van der Waals surface area contributed by atoms with E-state index < -0.39 is 0 Å². The van der Waals surface area contributed by atoms with Gasteiger partial charge in [-0.25, -0.2) is 4.98 Å². The summed E-state index contributed by atoms with van der Waals surface area (Å²) in [4.78, 5) is 21.2. The monoisotopic (exact) mass is 355 g/mol. The van der Waals surface area contributed by atoms with E-state index >= 15 is 0 Å². The van der Waals surface area contributed by atoms with Crippen molar-refractivity contribution in [3.8, 4) is 5.75 Å². The standard InChI is InChI=1S/C20H25N3O3/c1-2-15-7-8-18(25-15)20(24)23-13-9-16(14-23)26-17-6-5-10-21-19(17)22-11-3-4-12-22/h5-8,10,16H,2-4,9,11-14H2,1H3/t16-/m0/s1. The molecule has 1 amide bonds. The highest BCUT2D eigenvalue weighted by Crippen LogP contribution is 2.30. The van der Waals surface area contributed by atoms with Crippen LogP contribution in [0.2, 0.25) is 0 Å². The molecular weight excluding hydrogens is 330 g/mol. The fraction of sp³-hybridized carbons (Fsp3) is 0.500. The summed E-state index contributed by atoms with van der Waals surface area (Å²) in [5, 5.41) is 0. The van der Waals surface area contributed by atoms with Crippen LogP contribution in [-0.4, -0.2) is 48.1 Å². The van der Waals surface area contributed by atoms with Crippen LogP contribution in [0.3, 0.4) is 0 Å². The van der Waals surface area contributed by atoms with Gasteiger partial charge in [-0.05, 0) is 37.1 Å². The molecule has 2 aliphatic heterocycles. The molecule has 0 aromatic carbocycles. The zero-order valence-corrected chi connectivity index (χ0v) is 15.2. The summed E-state index contributed by atoms with van der Waals surface area (Å²) in [5.41, 5.74) is 0. The Morgan fingerprint density at radius 1 is 1.27 bits per heavy atom. The molecule has 0 aliphatic carbocycles. The lowest BCUT2D eigenvalue weighted by molar-refractivity contribution is 0.0739. The smallest absolute Gasteiger partial charge is 0.289 e. The van der Waals surface area contributed by atoms with Crippen molar-refractivity contribution in [1.82, 2.24) is 9.88 Å². The lowest BCUT2D eigenvalue weighted by Gasteiger charge is -2.22. The molecule has 26 heavy (non-hydrogen) atoms. The number of amides is 1. The van der Waals surface area contributed by atoms with Gasteiger partial charge >= 0.3 is 0 Å². The lowest BCUT2D eigenvalue weighted by atomic mass is 10.3. The number of anilines is 1. The predicted molar refractivity (Wildman–Crippen MR) is 98.7 cm³/mol. The topological polar surface area (TPSA) is 58.8 Å². The van der Waals surface area contributed by atoms with Gasteiger partial charge in [-0.1, -0.05) is 6.92 Å². The molecule has 0 saturated carbocycles. The fourth-order valence-corrected chi connectivity index (χ4v) is 3.67. The number of rotatable bonds is 5. The van der Waals surface area contributed by atoms with E-state index in [1.165, 1.54) is 12.8 Å². The highest BCUT2D eigenvalue weighted by Gasteiger charge is 2.30. The number of likely N-dealkylation sites (tertiary alicyclic amines) is 1. The maximum Gasteiger partial charge on any atom is 0.289 e. The highest BCUT2D eigenvalue weighted by molar-refractivity contribution is 5.91. The fourth-order valence-electron chi connectivity index (χ4n) is 3.67. The second-order valence-corrected chi connectivity index (χ2v) is 6.92. The van der Waals surface area contributed by atoms with Crippen molar-refractivity contribution in [2.45, 2.75) is 38.7 Å². The van der Waals surface area contributed by atoms with Crippen LogP contribution in [0.15, 0.2) is 34.9 Å². The SMILES string of the molecule is CCc1ccc(C(=O)N2CC[C@H](Oc3cccnc3N3CCCC3)C2)o1. The summed E-state index contributed by atoms with van der Waals surface area (Å²) in [6.45, 7) is 5.33. The number of hydrogen-bond donors (Lipinski definition) is 0. The van der Waals surface area contributed by atoms with Gasteiger partial charge in [0.1, 0.15) is 11.9 Å². The van der Waals surface area contributed by atoms with Crippen LogP contribution in [0.25, 0.3) is 0 Å². The van der Waals surface area contributed by atoms with Crippen LogP contribution in [0, 0.1) is 0 Å². The molecule has 0 N–H and O–H groups in total. The van der Waals surface area contributed by atoms with E-state index in [1.54, 1.807) is 6.07 Å². The van der Waals surface area contributed by atoms with Crippen molar-refractivity contribution in [3.05, 3.63) is 42.0 Å². The molecule has 2 aromatic rings. The van der Waals surface area contributed by atoms with Crippen LogP contribution in [0.5, 0.6) is 5.75 Å². The van der Waals surface area contributed by atoms with E-state index in [0.29, 0.717) is 18.8 Å². The van der Waals surface area contributed by atoms with Gasteiger partial charge in [0.25, 0.3) is 5.91 Å². The number of carbonyl (C=O) groups is 1. The zero-order chi connectivity index (χ0) is 17.9. The molecule has 0 spiro atoms. The minimum Gasteiger partial charge on any atom is -0.485 e. The van der Waals surface area contributed by atoms with Crippen LogP contribution in [-0.2, 0) is 6.42 Å². The number of nitrogens with zero attached hydrogens (tertiary/aromatic N) is 3. The minimum absolute atomic E-state index is 0.00916. The molecule has 4 heterocycles. The maximum atomic E-state index is 12.6. The normalized spacial score (nSPS) is 20.0. The van der Waals surface area contributed by atoms with Crippen molar-refractivity contribution in [1.29, 1.82) is 0 Å². The van der Waals surface area contributed by atoms with Crippen molar-refractivity contribution < 1.29 is 13.9 Å². The van der Waals surface area contributed by atoms with Gasteiger partial charge in [-0.2, -0.15) is 0 Å². The van der Waals surface area contributed by atoms with E-state index in [4.69, 9.17) is 9.15 Å². The Hall–Kier alpha value is -2.50. The van der Waals surface area contributed by atoms with E-state index in [-0.39, 0.29) is 12.0 Å². The summed E-state index contributed by atoms with van der Waals surface area (Å²) >= 11 is 0. The van der Waals surface area contributed by atoms with Crippen LogP contribution in [0.4, 0.5) is 5.82 Å². The third-order valence-electron chi connectivity index (χ3n) is 5.10. The molecule has 2 aromatic heterocycles. The van der Waals surface area contributed by atoms with Gasteiger partial charge in [0.05, 0.1) is 6.54 Å². The zero-order valence-electron chi connectivity index (χ0n) is 15.2. The van der Waals surface area contributed by atoms with E-state index in [2.05, 4.69) is 9.88 Å². The Kier molecular flexibility index (Phi) is 4.82. The number of furan rings is 1. The quantitative estimate of drug-likeness (QED) is 0.825. The van der Waals surface area contributed by atoms with E-state index in [9.17, 15) is 4.79 Å². The number of carbonyl (C=O) groups excluding carboxylic acids is 1. The van der Waals surface area contributed by atoms with Gasteiger partial charge in [0.2, 0.25) is 0 Å². The molecule has 6 heteroatoms. The Morgan fingerprint density at radius 3 is 2.88 bits per heavy atom. The van der Waals surface area contributed by atoms with Gasteiger partial charge in [-0.15, -0.1) is 0 Å². The molecule has 2 fully saturated rings. The Balaban J connectivity index is 1.41. The Morgan fingerprint density at radius 2 is 2.12 bits per heavy atom. The van der Waals surface area contributed by atoms with E-state index in [0.717, 1.165) is 43.3 Å². The first-order valence-electron chi connectivity index (χ1n) is 9.49. The number of aryl methyl sites for hydroxylation is 1. The summed E-state index contributed by atoms with van der Waals surface area (Å²) in [6.07, 6.45) is 5.81. The van der Waals surface area contributed by atoms with Gasteiger partial charge in [0, 0.05) is 38.7 Å². The van der Waals surface area contributed by atoms with Crippen molar-refractivity contribution in [3.63, 3.8) is 0 Å². The maximum absolute atomic E-state index is 12.6. The first-order valence-corrected chi connectivity index (χ1v) is 9.49. The predicted octanol–water partition coefficient (Wildman–Crippen LogP) is 3.13. The molecule has 2 aliphatic rings. The highest BCUT2D eigenvalue weighted by atomic mass is 16.5. The number of pyridine rings is 1. The molecule has 1 atom stereocenters. The molecule has 0 unspecified atom stereocenters. The van der Waals surface area contributed by atoms with Crippen molar-refractivity contribution in [2.24, 2.45) is 0 Å². The average molecular weight is 355 g/mol.